The van der Waals surface area contributed by atoms with Gasteiger partial charge in [0, 0.05) is 35.8 Å². The van der Waals surface area contributed by atoms with Crippen molar-refractivity contribution in [3.8, 4) is 11.5 Å². The molecule has 7 heteroatoms. The highest BCUT2D eigenvalue weighted by atomic mass is 35.5. The largest absolute Gasteiger partial charge is 0.493 e. The number of nitrogens with one attached hydrogen (secondary N) is 1. The second-order valence-corrected chi connectivity index (χ2v) is 8.53. The predicted octanol–water partition coefficient (Wildman–Crippen LogP) is 4.56. The highest BCUT2D eigenvalue weighted by molar-refractivity contribution is 5.97. The van der Waals surface area contributed by atoms with Gasteiger partial charge in [0.15, 0.2) is 11.5 Å². The van der Waals surface area contributed by atoms with Crippen molar-refractivity contribution in [3.63, 3.8) is 0 Å². The maximum absolute atomic E-state index is 13.0. The van der Waals surface area contributed by atoms with Gasteiger partial charge < -0.3 is 24.3 Å². The molecule has 0 saturated carbocycles. The van der Waals surface area contributed by atoms with E-state index in [0.717, 1.165) is 63.0 Å². The third-order valence-corrected chi connectivity index (χ3v) is 6.41. The van der Waals surface area contributed by atoms with Crippen molar-refractivity contribution in [2.24, 2.45) is 0 Å². The minimum absolute atomic E-state index is 0. The van der Waals surface area contributed by atoms with Crippen LogP contribution >= 0.6 is 12.4 Å². The van der Waals surface area contributed by atoms with Crippen LogP contribution in [-0.2, 0) is 12.8 Å². The number of nitrogens with zero attached hydrogens (tertiary/aromatic N) is 2. The quantitative estimate of drug-likeness (QED) is 0.471. The van der Waals surface area contributed by atoms with Gasteiger partial charge in [-0.1, -0.05) is 18.2 Å². The van der Waals surface area contributed by atoms with Gasteiger partial charge in [0.1, 0.15) is 0 Å². The number of aromatic amines is 1. The van der Waals surface area contributed by atoms with E-state index in [1.165, 1.54) is 16.5 Å². The third kappa shape index (κ3) is 5.63. The molecular formula is C26H34ClN3O3. The maximum atomic E-state index is 13.0. The number of para-hydroxylation sites is 1. The van der Waals surface area contributed by atoms with E-state index in [-0.39, 0.29) is 18.3 Å². The first kappa shape index (κ1) is 24.9. The number of hydrogen-bond donors (Lipinski definition) is 1. The normalized spacial score (nSPS) is 13.2. The number of carbonyl (C=O) groups excluding carboxylic acids is 1. The molecule has 0 aliphatic carbocycles. The Labute approximate surface area is 202 Å². The van der Waals surface area contributed by atoms with E-state index in [2.05, 4.69) is 47.4 Å². The van der Waals surface area contributed by atoms with Crippen molar-refractivity contribution < 1.29 is 14.3 Å². The Morgan fingerprint density at radius 3 is 2.58 bits per heavy atom. The van der Waals surface area contributed by atoms with Crippen molar-refractivity contribution in [2.75, 3.05) is 47.4 Å². The molecule has 6 nitrogen and oxygen atoms in total. The fourth-order valence-electron chi connectivity index (χ4n) is 4.59. The standard InChI is InChI=1S/C26H33N3O3.ClH/c1-28(12-6-8-20-18-27-23-10-5-4-9-21(20)23)13-7-14-29-15-11-19-16-24(31-2)25(32-3)17-22(19)26(29)30;/h4-5,9-10,16-18,27H,6-8,11-15H2,1-3H3;1H. The van der Waals surface area contributed by atoms with Gasteiger partial charge in [0.25, 0.3) is 5.91 Å². The molecular weight excluding hydrogens is 438 g/mol. The number of carbonyl (C=O) groups is 1. The number of halogens is 1. The summed E-state index contributed by atoms with van der Waals surface area (Å²) >= 11 is 0. The van der Waals surface area contributed by atoms with Gasteiger partial charge in [-0.25, -0.2) is 0 Å². The topological polar surface area (TPSA) is 57.8 Å². The van der Waals surface area contributed by atoms with Crippen LogP contribution in [0.2, 0.25) is 0 Å². The summed E-state index contributed by atoms with van der Waals surface area (Å²) in [4.78, 5) is 20.7. The van der Waals surface area contributed by atoms with Gasteiger partial charge in [0.05, 0.1) is 14.2 Å². The first-order valence-electron chi connectivity index (χ1n) is 11.4. The minimum atomic E-state index is 0. The Morgan fingerprint density at radius 2 is 1.79 bits per heavy atom. The smallest absolute Gasteiger partial charge is 0.254 e. The zero-order valence-corrected chi connectivity index (χ0v) is 20.5. The van der Waals surface area contributed by atoms with Crippen molar-refractivity contribution >= 4 is 29.2 Å². The van der Waals surface area contributed by atoms with Crippen LogP contribution in [0.5, 0.6) is 11.5 Å². The summed E-state index contributed by atoms with van der Waals surface area (Å²) in [5.74, 6) is 1.38. The molecule has 0 bridgehead atoms. The minimum Gasteiger partial charge on any atom is -0.493 e. The molecule has 1 aromatic heterocycles. The zero-order valence-electron chi connectivity index (χ0n) is 19.7. The zero-order chi connectivity index (χ0) is 22.5. The molecule has 4 rings (SSSR count). The predicted molar refractivity (Wildman–Crippen MR) is 135 cm³/mol. The van der Waals surface area contributed by atoms with Gasteiger partial charge in [-0.05, 0) is 75.1 Å². The van der Waals surface area contributed by atoms with E-state index in [1.807, 2.05) is 17.0 Å². The van der Waals surface area contributed by atoms with Gasteiger partial charge in [-0.15, -0.1) is 12.4 Å². The molecule has 0 fully saturated rings. The van der Waals surface area contributed by atoms with Crippen molar-refractivity contribution in [1.29, 1.82) is 0 Å². The summed E-state index contributed by atoms with van der Waals surface area (Å²) in [5, 5.41) is 1.33. The third-order valence-electron chi connectivity index (χ3n) is 6.41. The van der Waals surface area contributed by atoms with E-state index >= 15 is 0 Å². The molecule has 33 heavy (non-hydrogen) atoms. The highest BCUT2D eigenvalue weighted by Crippen LogP contribution is 2.33. The van der Waals surface area contributed by atoms with E-state index in [9.17, 15) is 4.79 Å². The lowest BCUT2D eigenvalue weighted by Gasteiger charge is -2.30. The summed E-state index contributed by atoms with van der Waals surface area (Å²) < 4.78 is 10.8. The molecule has 2 heterocycles. The Kier molecular flexibility index (Phi) is 8.64. The van der Waals surface area contributed by atoms with Crippen LogP contribution in [0.1, 0.15) is 34.3 Å². The van der Waals surface area contributed by atoms with Crippen molar-refractivity contribution in [3.05, 3.63) is 59.3 Å². The monoisotopic (exact) mass is 471 g/mol. The summed E-state index contributed by atoms with van der Waals surface area (Å²) in [5.41, 5.74) is 4.37. The van der Waals surface area contributed by atoms with Crippen molar-refractivity contribution in [2.45, 2.75) is 25.7 Å². The average molecular weight is 472 g/mol. The lowest BCUT2D eigenvalue weighted by atomic mass is 9.98. The number of rotatable bonds is 10. The molecule has 0 unspecified atom stereocenters. The number of aromatic nitrogens is 1. The molecule has 1 amide bonds. The first-order chi connectivity index (χ1) is 15.6. The molecule has 0 spiro atoms. The number of ether oxygens (including phenoxy) is 2. The fourth-order valence-corrected chi connectivity index (χ4v) is 4.59. The van der Waals surface area contributed by atoms with Gasteiger partial charge in [0.2, 0.25) is 0 Å². The fraction of sp³-hybridized carbons (Fsp3) is 0.423. The molecule has 1 aliphatic heterocycles. The SMILES string of the molecule is COc1cc2c(cc1OC)C(=O)N(CCCN(C)CCCc1c[nH]c3ccccc13)CC2.Cl. The van der Waals surface area contributed by atoms with E-state index in [4.69, 9.17) is 9.47 Å². The Hall–Kier alpha value is -2.70. The summed E-state index contributed by atoms with van der Waals surface area (Å²) in [6.45, 7) is 3.56. The first-order valence-corrected chi connectivity index (χ1v) is 11.4. The van der Waals surface area contributed by atoms with Crippen LogP contribution in [0.15, 0.2) is 42.6 Å². The molecule has 1 N–H and O–H groups in total. The van der Waals surface area contributed by atoms with Crippen LogP contribution in [0.3, 0.4) is 0 Å². The molecule has 0 radical (unpaired) electrons. The second-order valence-electron chi connectivity index (χ2n) is 8.53. The number of hydrogen-bond acceptors (Lipinski definition) is 4. The van der Waals surface area contributed by atoms with Gasteiger partial charge in [-0.2, -0.15) is 0 Å². The Balaban J connectivity index is 0.00000306. The van der Waals surface area contributed by atoms with Crippen LogP contribution < -0.4 is 9.47 Å². The van der Waals surface area contributed by atoms with Gasteiger partial charge in [-0.3, -0.25) is 4.79 Å². The summed E-state index contributed by atoms with van der Waals surface area (Å²) in [6, 6.07) is 12.2. The number of benzene rings is 2. The van der Waals surface area contributed by atoms with Crippen LogP contribution in [0, 0.1) is 0 Å². The van der Waals surface area contributed by atoms with Gasteiger partial charge >= 0.3 is 0 Å². The number of aryl methyl sites for hydroxylation is 1. The summed E-state index contributed by atoms with van der Waals surface area (Å²) in [6.07, 6.45) is 6.14. The highest BCUT2D eigenvalue weighted by Gasteiger charge is 2.26. The molecule has 178 valence electrons. The second kappa shape index (κ2) is 11.4. The molecule has 0 saturated heterocycles. The van der Waals surface area contributed by atoms with Crippen LogP contribution in [0.25, 0.3) is 10.9 Å². The Morgan fingerprint density at radius 1 is 1.06 bits per heavy atom. The molecule has 3 aromatic rings. The number of methoxy groups -OCH3 is 2. The van der Waals surface area contributed by atoms with E-state index < -0.39 is 0 Å². The molecule has 1 aliphatic rings. The van der Waals surface area contributed by atoms with Crippen molar-refractivity contribution in [1.82, 2.24) is 14.8 Å². The Bertz CT molecular complexity index is 1080. The lowest BCUT2D eigenvalue weighted by Crippen LogP contribution is -2.39. The number of H-pyrrole nitrogens is 1. The molecule has 2 aromatic carbocycles. The summed E-state index contributed by atoms with van der Waals surface area (Å²) in [7, 11) is 5.39. The average Bonchev–Trinajstić information content (AvgIpc) is 3.23. The number of fused-ring (bicyclic) bond motifs is 2. The van der Waals surface area contributed by atoms with E-state index in [0.29, 0.717) is 11.5 Å². The lowest BCUT2D eigenvalue weighted by molar-refractivity contribution is 0.0732. The maximum Gasteiger partial charge on any atom is 0.254 e. The van der Waals surface area contributed by atoms with Crippen LogP contribution in [-0.4, -0.2) is 68.1 Å². The number of amides is 1. The van der Waals surface area contributed by atoms with E-state index in [1.54, 1.807) is 14.2 Å². The molecule has 0 atom stereocenters. The van der Waals surface area contributed by atoms with Crippen LogP contribution in [0.4, 0.5) is 0 Å².